The number of carbonyl (C=O) groups is 1. The standard InChI is InChI=1S/C16H25ClN2O4/c1-3-22-11-12-23-15-13(17)7-6-8-14(15)19-16(20)18-9-4-5-10-21-2/h6-8H,3-5,9-12H2,1-2H3,(H2,18,19,20). The molecule has 0 aromatic heterocycles. The van der Waals surface area contributed by atoms with Gasteiger partial charge in [-0.25, -0.2) is 4.79 Å². The van der Waals surface area contributed by atoms with Gasteiger partial charge in [-0.15, -0.1) is 0 Å². The number of urea groups is 1. The number of anilines is 1. The quantitative estimate of drug-likeness (QED) is 0.604. The number of halogens is 1. The molecule has 0 saturated heterocycles. The molecule has 0 saturated carbocycles. The summed E-state index contributed by atoms with van der Waals surface area (Å²) in [7, 11) is 1.66. The molecule has 0 aliphatic carbocycles. The molecule has 130 valence electrons. The van der Waals surface area contributed by atoms with Crippen molar-refractivity contribution < 1.29 is 19.0 Å². The van der Waals surface area contributed by atoms with Gasteiger partial charge in [0.15, 0.2) is 5.75 Å². The molecule has 6 nitrogen and oxygen atoms in total. The van der Waals surface area contributed by atoms with Gasteiger partial charge in [0.2, 0.25) is 0 Å². The highest BCUT2D eigenvalue weighted by atomic mass is 35.5. The van der Waals surface area contributed by atoms with E-state index in [1.165, 1.54) is 0 Å². The Balaban J connectivity index is 2.48. The van der Waals surface area contributed by atoms with Crippen LogP contribution in [0.3, 0.4) is 0 Å². The molecule has 7 heteroatoms. The Kier molecular flexibility index (Phi) is 10.2. The second-order valence-electron chi connectivity index (χ2n) is 4.74. The van der Waals surface area contributed by atoms with Gasteiger partial charge in [0.05, 0.1) is 17.3 Å². The van der Waals surface area contributed by atoms with Gasteiger partial charge in [0.25, 0.3) is 0 Å². The van der Waals surface area contributed by atoms with Crippen molar-refractivity contribution in [1.82, 2.24) is 5.32 Å². The molecule has 0 radical (unpaired) electrons. The summed E-state index contributed by atoms with van der Waals surface area (Å²) in [6.07, 6.45) is 1.76. The Bertz CT molecular complexity index is 471. The minimum Gasteiger partial charge on any atom is -0.487 e. The summed E-state index contributed by atoms with van der Waals surface area (Å²) in [5.74, 6) is 0.448. The fourth-order valence-electron chi connectivity index (χ4n) is 1.84. The maximum absolute atomic E-state index is 11.9. The summed E-state index contributed by atoms with van der Waals surface area (Å²) in [6, 6.07) is 4.92. The second-order valence-corrected chi connectivity index (χ2v) is 5.15. The van der Waals surface area contributed by atoms with Crippen LogP contribution >= 0.6 is 11.6 Å². The van der Waals surface area contributed by atoms with Gasteiger partial charge in [0.1, 0.15) is 6.61 Å². The van der Waals surface area contributed by atoms with Crippen molar-refractivity contribution in [3.8, 4) is 5.75 Å². The Labute approximate surface area is 142 Å². The van der Waals surface area contributed by atoms with Crippen molar-refractivity contribution in [2.75, 3.05) is 45.4 Å². The largest absolute Gasteiger partial charge is 0.487 e. The van der Waals surface area contributed by atoms with Crippen LogP contribution in [0.5, 0.6) is 5.75 Å². The van der Waals surface area contributed by atoms with Gasteiger partial charge in [-0.2, -0.15) is 0 Å². The van der Waals surface area contributed by atoms with Gasteiger partial charge in [-0.3, -0.25) is 0 Å². The van der Waals surface area contributed by atoms with Crippen LogP contribution in [0.25, 0.3) is 0 Å². The normalized spacial score (nSPS) is 10.4. The molecule has 0 atom stereocenters. The first-order valence-electron chi connectivity index (χ1n) is 7.71. The van der Waals surface area contributed by atoms with E-state index in [0.717, 1.165) is 12.8 Å². The highest BCUT2D eigenvalue weighted by Gasteiger charge is 2.11. The van der Waals surface area contributed by atoms with E-state index in [0.29, 0.717) is 49.4 Å². The Morgan fingerprint density at radius 1 is 1.22 bits per heavy atom. The summed E-state index contributed by atoms with van der Waals surface area (Å²) in [5, 5.41) is 5.98. The molecular formula is C16H25ClN2O4. The average Bonchev–Trinajstić information content (AvgIpc) is 2.53. The van der Waals surface area contributed by atoms with Crippen molar-refractivity contribution in [1.29, 1.82) is 0 Å². The molecule has 0 spiro atoms. The number of hydrogen-bond acceptors (Lipinski definition) is 4. The summed E-state index contributed by atoms with van der Waals surface area (Å²) in [5.41, 5.74) is 0.531. The number of carbonyl (C=O) groups excluding carboxylic acids is 1. The fourth-order valence-corrected chi connectivity index (χ4v) is 2.07. The molecule has 0 fully saturated rings. The third-order valence-corrected chi connectivity index (χ3v) is 3.25. The topological polar surface area (TPSA) is 68.8 Å². The third-order valence-electron chi connectivity index (χ3n) is 2.95. The predicted molar refractivity (Wildman–Crippen MR) is 91.6 cm³/mol. The minimum absolute atomic E-state index is 0.292. The molecule has 0 aliphatic rings. The lowest BCUT2D eigenvalue weighted by Gasteiger charge is -2.14. The molecule has 0 bridgehead atoms. The summed E-state index contributed by atoms with van der Waals surface area (Å²) in [4.78, 5) is 11.9. The maximum Gasteiger partial charge on any atom is 0.319 e. The number of amides is 2. The van der Waals surface area contributed by atoms with Crippen molar-refractivity contribution >= 4 is 23.3 Å². The highest BCUT2D eigenvalue weighted by molar-refractivity contribution is 6.32. The molecule has 1 rings (SSSR count). The monoisotopic (exact) mass is 344 g/mol. The average molecular weight is 345 g/mol. The van der Waals surface area contributed by atoms with Crippen LogP contribution in [0, 0.1) is 0 Å². The fraction of sp³-hybridized carbons (Fsp3) is 0.562. The Hall–Kier alpha value is -1.50. The summed E-state index contributed by atoms with van der Waals surface area (Å²) in [6.45, 7) is 4.64. The van der Waals surface area contributed by atoms with E-state index < -0.39 is 0 Å². The lowest BCUT2D eigenvalue weighted by atomic mass is 10.3. The van der Waals surface area contributed by atoms with E-state index >= 15 is 0 Å². The smallest absolute Gasteiger partial charge is 0.319 e. The first kappa shape index (κ1) is 19.5. The van der Waals surface area contributed by atoms with Gasteiger partial charge in [-0.1, -0.05) is 17.7 Å². The zero-order valence-corrected chi connectivity index (χ0v) is 14.4. The molecule has 1 aromatic rings. The van der Waals surface area contributed by atoms with E-state index in [4.69, 9.17) is 25.8 Å². The van der Waals surface area contributed by atoms with E-state index in [2.05, 4.69) is 10.6 Å². The molecule has 0 aliphatic heterocycles. The zero-order valence-electron chi connectivity index (χ0n) is 13.7. The van der Waals surface area contributed by atoms with Crippen LogP contribution in [-0.4, -0.2) is 46.1 Å². The first-order valence-corrected chi connectivity index (χ1v) is 8.09. The van der Waals surface area contributed by atoms with E-state index in [1.54, 1.807) is 25.3 Å². The summed E-state index contributed by atoms with van der Waals surface area (Å²) < 4.78 is 15.8. The van der Waals surface area contributed by atoms with Crippen LogP contribution in [0.1, 0.15) is 19.8 Å². The van der Waals surface area contributed by atoms with Crippen LogP contribution in [0.2, 0.25) is 5.02 Å². The summed E-state index contributed by atoms with van der Waals surface area (Å²) >= 11 is 6.14. The predicted octanol–water partition coefficient (Wildman–Crippen LogP) is 3.30. The number of rotatable bonds is 11. The van der Waals surface area contributed by atoms with Gasteiger partial charge in [0, 0.05) is 26.9 Å². The molecule has 2 N–H and O–H groups in total. The van der Waals surface area contributed by atoms with E-state index in [-0.39, 0.29) is 6.03 Å². The maximum atomic E-state index is 11.9. The lowest BCUT2D eigenvalue weighted by molar-refractivity contribution is 0.110. The number of benzene rings is 1. The molecule has 2 amide bonds. The molecule has 23 heavy (non-hydrogen) atoms. The van der Waals surface area contributed by atoms with E-state index in [1.807, 2.05) is 6.92 Å². The van der Waals surface area contributed by atoms with Gasteiger partial charge >= 0.3 is 6.03 Å². The van der Waals surface area contributed by atoms with Crippen molar-refractivity contribution in [2.45, 2.75) is 19.8 Å². The number of hydrogen-bond donors (Lipinski definition) is 2. The third kappa shape index (κ3) is 8.06. The van der Waals surface area contributed by atoms with Crippen molar-refractivity contribution in [3.63, 3.8) is 0 Å². The highest BCUT2D eigenvalue weighted by Crippen LogP contribution is 2.32. The molecule has 0 heterocycles. The number of methoxy groups -OCH3 is 1. The minimum atomic E-state index is -0.292. The molecular weight excluding hydrogens is 320 g/mol. The second kappa shape index (κ2) is 12.0. The first-order chi connectivity index (χ1) is 11.2. The Morgan fingerprint density at radius 2 is 2.04 bits per heavy atom. The van der Waals surface area contributed by atoms with Crippen LogP contribution in [0.4, 0.5) is 10.5 Å². The zero-order chi connectivity index (χ0) is 16.9. The van der Waals surface area contributed by atoms with Gasteiger partial charge < -0.3 is 24.8 Å². The molecule has 1 aromatic carbocycles. The van der Waals surface area contributed by atoms with E-state index in [9.17, 15) is 4.79 Å². The number of ether oxygens (including phenoxy) is 3. The van der Waals surface area contributed by atoms with Crippen LogP contribution < -0.4 is 15.4 Å². The SMILES string of the molecule is CCOCCOc1c(Cl)cccc1NC(=O)NCCCCOC. The van der Waals surface area contributed by atoms with Crippen LogP contribution in [-0.2, 0) is 9.47 Å². The molecule has 0 unspecified atom stereocenters. The van der Waals surface area contributed by atoms with Crippen molar-refractivity contribution in [2.24, 2.45) is 0 Å². The number of unbranched alkanes of at least 4 members (excludes halogenated alkanes) is 1. The number of nitrogens with one attached hydrogen (secondary N) is 2. The Morgan fingerprint density at radius 3 is 2.78 bits per heavy atom. The van der Waals surface area contributed by atoms with Gasteiger partial charge in [-0.05, 0) is 31.9 Å². The van der Waals surface area contributed by atoms with Crippen molar-refractivity contribution in [3.05, 3.63) is 23.2 Å². The van der Waals surface area contributed by atoms with Crippen LogP contribution in [0.15, 0.2) is 18.2 Å². The lowest BCUT2D eigenvalue weighted by Crippen LogP contribution is -2.29. The number of para-hydroxylation sites is 1.